The van der Waals surface area contributed by atoms with Crippen molar-refractivity contribution in [1.29, 1.82) is 0 Å². The van der Waals surface area contributed by atoms with Crippen LogP contribution < -0.4 is 4.74 Å². The number of aliphatic hydroxyl groups is 1. The average molecular weight is 455 g/mol. The van der Waals surface area contributed by atoms with E-state index in [-0.39, 0.29) is 0 Å². The minimum Gasteiger partial charge on any atom is -0.457 e. The normalized spacial score (nSPS) is 17.0. The molecule has 0 radical (unpaired) electrons. The van der Waals surface area contributed by atoms with Crippen LogP contribution >= 0.6 is 15.9 Å². The second-order valence-electron chi connectivity index (χ2n) is 7.27. The number of rotatable bonds is 3. The highest BCUT2D eigenvalue weighted by Gasteiger charge is 2.40. The molecular formula is C27H19BrO2. The minimum absolute atomic E-state index is 0.619. The van der Waals surface area contributed by atoms with Gasteiger partial charge in [-0.25, -0.2) is 0 Å². The van der Waals surface area contributed by atoms with E-state index in [0.29, 0.717) is 11.3 Å². The molecule has 2 nitrogen and oxygen atoms in total. The van der Waals surface area contributed by atoms with E-state index >= 15 is 0 Å². The molecule has 0 heterocycles. The zero-order valence-electron chi connectivity index (χ0n) is 16.1. The van der Waals surface area contributed by atoms with Gasteiger partial charge < -0.3 is 9.84 Å². The van der Waals surface area contributed by atoms with Gasteiger partial charge in [0.2, 0.25) is 0 Å². The monoisotopic (exact) mass is 454 g/mol. The summed E-state index contributed by atoms with van der Waals surface area (Å²) in [5.41, 5.74) is 2.88. The Balaban J connectivity index is 1.79. The van der Waals surface area contributed by atoms with E-state index in [1.54, 1.807) is 0 Å². The molecule has 3 heteroatoms. The van der Waals surface area contributed by atoms with Gasteiger partial charge in [-0.05, 0) is 47.0 Å². The Morgan fingerprint density at radius 1 is 0.633 bits per heavy atom. The van der Waals surface area contributed by atoms with E-state index in [2.05, 4.69) is 28.1 Å². The Bertz CT molecular complexity index is 1250. The van der Waals surface area contributed by atoms with Gasteiger partial charge in [-0.1, -0.05) is 94.8 Å². The molecule has 0 fully saturated rings. The van der Waals surface area contributed by atoms with Crippen molar-refractivity contribution in [1.82, 2.24) is 0 Å². The average Bonchev–Trinajstić information content (AvgIpc) is 2.90. The quantitative estimate of drug-likeness (QED) is 0.360. The van der Waals surface area contributed by atoms with Crippen molar-refractivity contribution in [2.75, 3.05) is 0 Å². The van der Waals surface area contributed by atoms with Crippen LogP contribution in [0.5, 0.6) is 11.5 Å². The summed E-state index contributed by atoms with van der Waals surface area (Å²) in [5.74, 6) is 1.34. The highest BCUT2D eigenvalue weighted by Crippen LogP contribution is 2.47. The molecular weight excluding hydrogens is 436 g/mol. The SMILES string of the molecule is OC1(c2ccccc2Oc2ccccc2)c2ccccc2C=Cc2ccc(Br)cc21. The molecule has 0 aliphatic heterocycles. The van der Waals surface area contributed by atoms with Crippen molar-refractivity contribution in [3.8, 4) is 11.5 Å². The van der Waals surface area contributed by atoms with Crippen LogP contribution in [0, 0.1) is 0 Å². The molecule has 1 N–H and O–H groups in total. The molecule has 0 saturated heterocycles. The third-order valence-electron chi connectivity index (χ3n) is 5.45. The zero-order chi connectivity index (χ0) is 20.6. The van der Waals surface area contributed by atoms with Crippen molar-refractivity contribution in [2.45, 2.75) is 5.60 Å². The van der Waals surface area contributed by atoms with Crippen molar-refractivity contribution >= 4 is 28.1 Å². The summed E-state index contributed by atoms with van der Waals surface area (Å²) in [4.78, 5) is 0. The lowest BCUT2D eigenvalue weighted by Crippen LogP contribution is -2.30. The topological polar surface area (TPSA) is 29.5 Å². The molecule has 146 valence electrons. The molecule has 1 aliphatic rings. The summed E-state index contributed by atoms with van der Waals surface area (Å²) in [6.45, 7) is 0. The fraction of sp³-hybridized carbons (Fsp3) is 0.0370. The first-order valence-corrected chi connectivity index (χ1v) is 10.6. The van der Waals surface area contributed by atoms with E-state index in [1.807, 2.05) is 97.1 Å². The highest BCUT2D eigenvalue weighted by molar-refractivity contribution is 9.10. The number of hydrogen-bond donors (Lipinski definition) is 1. The first-order chi connectivity index (χ1) is 14.7. The van der Waals surface area contributed by atoms with Crippen LogP contribution in [0.25, 0.3) is 12.2 Å². The Kier molecular flexibility index (Phi) is 4.78. The van der Waals surface area contributed by atoms with Gasteiger partial charge in [-0.15, -0.1) is 0 Å². The maximum absolute atomic E-state index is 12.5. The summed E-state index contributed by atoms with van der Waals surface area (Å²) in [6.07, 6.45) is 4.11. The Hall–Kier alpha value is -3.14. The van der Waals surface area contributed by atoms with Crippen LogP contribution in [-0.4, -0.2) is 5.11 Å². The van der Waals surface area contributed by atoms with Gasteiger partial charge in [0.15, 0.2) is 0 Å². The van der Waals surface area contributed by atoms with Gasteiger partial charge in [0.1, 0.15) is 17.1 Å². The number of para-hydroxylation sites is 2. The van der Waals surface area contributed by atoms with Crippen LogP contribution in [0.4, 0.5) is 0 Å². The largest absolute Gasteiger partial charge is 0.457 e. The predicted octanol–water partition coefficient (Wildman–Crippen LogP) is 7.01. The molecule has 1 unspecified atom stereocenters. The van der Waals surface area contributed by atoms with Crippen LogP contribution in [0.3, 0.4) is 0 Å². The van der Waals surface area contributed by atoms with E-state index in [4.69, 9.17) is 4.74 Å². The molecule has 5 rings (SSSR count). The fourth-order valence-electron chi connectivity index (χ4n) is 4.04. The molecule has 4 aromatic carbocycles. The molecule has 0 aromatic heterocycles. The van der Waals surface area contributed by atoms with Crippen LogP contribution in [-0.2, 0) is 5.60 Å². The van der Waals surface area contributed by atoms with Crippen molar-refractivity contribution in [2.24, 2.45) is 0 Å². The highest BCUT2D eigenvalue weighted by atomic mass is 79.9. The molecule has 0 bridgehead atoms. The Morgan fingerprint density at radius 3 is 2.07 bits per heavy atom. The first kappa shape index (κ1) is 18.9. The van der Waals surface area contributed by atoms with Crippen LogP contribution in [0.1, 0.15) is 27.8 Å². The van der Waals surface area contributed by atoms with Gasteiger partial charge in [0, 0.05) is 15.6 Å². The molecule has 0 saturated carbocycles. The maximum atomic E-state index is 12.5. The van der Waals surface area contributed by atoms with E-state index in [9.17, 15) is 5.11 Å². The zero-order valence-corrected chi connectivity index (χ0v) is 17.7. The lowest BCUT2D eigenvalue weighted by molar-refractivity contribution is 0.122. The van der Waals surface area contributed by atoms with E-state index < -0.39 is 5.60 Å². The van der Waals surface area contributed by atoms with Crippen LogP contribution in [0.15, 0.2) is 102 Å². The smallest absolute Gasteiger partial charge is 0.145 e. The molecule has 30 heavy (non-hydrogen) atoms. The predicted molar refractivity (Wildman–Crippen MR) is 125 cm³/mol. The van der Waals surface area contributed by atoms with Gasteiger partial charge in [-0.2, -0.15) is 0 Å². The van der Waals surface area contributed by atoms with Gasteiger partial charge in [0.05, 0.1) is 0 Å². The summed E-state index contributed by atoms with van der Waals surface area (Å²) in [5, 5.41) is 12.5. The summed E-state index contributed by atoms with van der Waals surface area (Å²) in [6, 6.07) is 31.3. The third-order valence-corrected chi connectivity index (χ3v) is 5.94. The first-order valence-electron chi connectivity index (χ1n) is 9.78. The molecule has 0 spiro atoms. The molecule has 0 amide bonds. The standard InChI is InChI=1S/C27H19BrO2/c28-21-17-16-20-15-14-19-8-4-5-11-23(19)27(29,25(20)18-21)24-12-6-7-13-26(24)30-22-9-2-1-3-10-22/h1-18,29H. The lowest BCUT2D eigenvalue weighted by Gasteiger charge is -2.33. The lowest BCUT2D eigenvalue weighted by atomic mass is 9.77. The van der Waals surface area contributed by atoms with Crippen LogP contribution in [0.2, 0.25) is 0 Å². The third kappa shape index (κ3) is 3.17. The van der Waals surface area contributed by atoms with Gasteiger partial charge in [0.25, 0.3) is 0 Å². The number of benzene rings is 4. The number of ether oxygens (including phenoxy) is 1. The number of halogens is 1. The maximum Gasteiger partial charge on any atom is 0.145 e. The van der Waals surface area contributed by atoms with Crippen molar-refractivity contribution in [3.63, 3.8) is 0 Å². The fourth-order valence-corrected chi connectivity index (χ4v) is 4.40. The Labute approximate surface area is 184 Å². The van der Waals surface area contributed by atoms with Crippen molar-refractivity contribution < 1.29 is 9.84 Å². The summed E-state index contributed by atoms with van der Waals surface area (Å²) in [7, 11) is 0. The van der Waals surface area contributed by atoms with E-state index in [1.165, 1.54) is 0 Å². The molecule has 1 atom stereocenters. The second-order valence-corrected chi connectivity index (χ2v) is 8.19. The summed E-state index contributed by atoms with van der Waals surface area (Å²) < 4.78 is 7.15. The number of hydrogen-bond acceptors (Lipinski definition) is 2. The second kappa shape index (κ2) is 7.60. The van der Waals surface area contributed by atoms with E-state index in [0.717, 1.165) is 32.5 Å². The minimum atomic E-state index is -1.38. The van der Waals surface area contributed by atoms with Crippen molar-refractivity contribution in [3.05, 3.63) is 129 Å². The molecule has 4 aromatic rings. The molecule has 1 aliphatic carbocycles. The Morgan fingerprint density at radius 2 is 1.27 bits per heavy atom. The van der Waals surface area contributed by atoms with Gasteiger partial charge >= 0.3 is 0 Å². The summed E-state index contributed by atoms with van der Waals surface area (Å²) >= 11 is 3.59. The van der Waals surface area contributed by atoms with Gasteiger partial charge in [-0.3, -0.25) is 0 Å². The number of fused-ring (bicyclic) bond motifs is 2.